The third kappa shape index (κ3) is 3.34. The zero-order valence-corrected chi connectivity index (χ0v) is 13.6. The molecule has 0 aromatic rings. The molecule has 1 N–H and O–H groups in total. The van der Waals surface area contributed by atoms with Crippen LogP contribution in [-0.2, 0) is 4.79 Å². The first-order valence-corrected chi connectivity index (χ1v) is 8.24. The van der Waals surface area contributed by atoms with E-state index in [4.69, 9.17) is 0 Å². The van der Waals surface area contributed by atoms with Crippen LogP contribution in [0.2, 0.25) is 0 Å². The molecule has 2 unspecified atom stereocenters. The van der Waals surface area contributed by atoms with Gasteiger partial charge < -0.3 is 9.80 Å². The molecule has 0 bridgehead atoms. The van der Waals surface area contributed by atoms with E-state index in [0.717, 1.165) is 38.9 Å². The average molecular weight is 281 g/mol. The van der Waals surface area contributed by atoms with Crippen LogP contribution in [-0.4, -0.2) is 54.6 Å². The summed E-state index contributed by atoms with van der Waals surface area (Å²) in [6.07, 6.45) is 5.67. The summed E-state index contributed by atoms with van der Waals surface area (Å²) >= 11 is 0. The lowest BCUT2D eigenvalue weighted by Crippen LogP contribution is -2.47. The van der Waals surface area contributed by atoms with Crippen molar-refractivity contribution in [1.29, 1.82) is 0 Å². The predicted molar refractivity (Wildman–Crippen MR) is 82.5 cm³/mol. The number of hydrogen-bond donors (Lipinski definition) is 1. The number of amides is 1. The molecule has 4 heteroatoms. The number of likely N-dealkylation sites (tertiary alicyclic amines) is 1. The van der Waals surface area contributed by atoms with E-state index in [1.54, 1.807) is 0 Å². The Morgan fingerprint density at radius 3 is 2.50 bits per heavy atom. The summed E-state index contributed by atoms with van der Waals surface area (Å²) in [7, 11) is 2.19. The first kappa shape index (κ1) is 15.8. The summed E-state index contributed by atoms with van der Waals surface area (Å²) in [5.74, 6) is 0.332. The quantitative estimate of drug-likeness (QED) is 0.838. The minimum atomic E-state index is 0.0554. The van der Waals surface area contributed by atoms with E-state index in [1.165, 1.54) is 12.8 Å². The Kier molecular flexibility index (Phi) is 5.08. The van der Waals surface area contributed by atoms with Gasteiger partial charge in [-0.05, 0) is 51.2 Å². The number of carbonyl (C=O) groups is 1. The largest absolute Gasteiger partial charge is 0.325 e. The Morgan fingerprint density at radius 1 is 1.30 bits per heavy atom. The van der Waals surface area contributed by atoms with Crippen LogP contribution in [0.4, 0.5) is 0 Å². The SMILES string of the molecule is CCCC1NC(CC)N(CC2(C)CCN(C)CC2)C1=O. The lowest BCUT2D eigenvalue weighted by atomic mass is 9.80. The van der Waals surface area contributed by atoms with Gasteiger partial charge >= 0.3 is 0 Å². The van der Waals surface area contributed by atoms with Crippen LogP contribution in [0.1, 0.15) is 52.9 Å². The Morgan fingerprint density at radius 2 is 1.95 bits per heavy atom. The van der Waals surface area contributed by atoms with Gasteiger partial charge in [-0.15, -0.1) is 0 Å². The second-order valence-electron chi connectivity index (χ2n) is 7.01. The number of nitrogens with zero attached hydrogens (tertiary/aromatic N) is 2. The molecule has 2 aliphatic heterocycles. The highest BCUT2D eigenvalue weighted by Crippen LogP contribution is 2.33. The maximum atomic E-state index is 12.6. The van der Waals surface area contributed by atoms with Crippen molar-refractivity contribution in [2.75, 3.05) is 26.7 Å². The van der Waals surface area contributed by atoms with Gasteiger partial charge in [0.05, 0.1) is 12.2 Å². The van der Waals surface area contributed by atoms with Gasteiger partial charge in [-0.2, -0.15) is 0 Å². The van der Waals surface area contributed by atoms with Gasteiger partial charge in [0.2, 0.25) is 5.91 Å². The van der Waals surface area contributed by atoms with Crippen molar-refractivity contribution in [3.63, 3.8) is 0 Å². The molecular weight excluding hydrogens is 250 g/mol. The zero-order chi connectivity index (χ0) is 14.8. The summed E-state index contributed by atoms with van der Waals surface area (Å²) in [6.45, 7) is 9.90. The van der Waals surface area contributed by atoms with E-state index >= 15 is 0 Å². The van der Waals surface area contributed by atoms with E-state index in [0.29, 0.717) is 11.3 Å². The Hall–Kier alpha value is -0.610. The van der Waals surface area contributed by atoms with Crippen LogP contribution in [0.15, 0.2) is 0 Å². The van der Waals surface area contributed by atoms with Crippen LogP contribution in [0.25, 0.3) is 0 Å². The van der Waals surface area contributed by atoms with E-state index < -0.39 is 0 Å². The summed E-state index contributed by atoms with van der Waals surface area (Å²) in [5, 5.41) is 3.52. The molecule has 20 heavy (non-hydrogen) atoms. The van der Waals surface area contributed by atoms with Gasteiger partial charge in [0.25, 0.3) is 0 Å². The van der Waals surface area contributed by atoms with Crippen molar-refractivity contribution in [2.24, 2.45) is 5.41 Å². The fourth-order valence-corrected chi connectivity index (χ4v) is 3.50. The van der Waals surface area contributed by atoms with Gasteiger partial charge in [-0.1, -0.05) is 27.2 Å². The van der Waals surface area contributed by atoms with E-state index in [2.05, 4.69) is 42.9 Å². The molecule has 0 aromatic carbocycles. The number of nitrogens with one attached hydrogen (secondary N) is 1. The summed E-state index contributed by atoms with van der Waals surface area (Å²) < 4.78 is 0. The fourth-order valence-electron chi connectivity index (χ4n) is 3.50. The molecule has 2 saturated heterocycles. The monoisotopic (exact) mass is 281 g/mol. The average Bonchev–Trinajstić information content (AvgIpc) is 2.71. The maximum absolute atomic E-state index is 12.6. The van der Waals surface area contributed by atoms with Crippen LogP contribution < -0.4 is 5.32 Å². The standard InChI is InChI=1S/C16H31N3O/c1-5-7-13-15(20)19(14(6-2)17-13)12-16(3)8-10-18(4)11-9-16/h13-14,17H,5-12H2,1-4H3. The molecule has 116 valence electrons. The van der Waals surface area contributed by atoms with Crippen molar-refractivity contribution in [3.8, 4) is 0 Å². The second-order valence-corrected chi connectivity index (χ2v) is 7.01. The minimum absolute atomic E-state index is 0.0554. The topological polar surface area (TPSA) is 35.6 Å². The minimum Gasteiger partial charge on any atom is -0.325 e. The first-order chi connectivity index (χ1) is 9.49. The Labute approximate surface area is 123 Å². The highest BCUT2D eigenvalue weighted by atomic mass is 16.2. The van der Waals surface area contributed by atoms with E-state index in [9.17, 15) is 4.79 Å². The van der Waals surface area contributed by atoms with Gasteiger partial charge in [0.15, 0.2) is 0 Å². The molecule has 2 atom stereocenters. The smallest absolute Gasteiger partial charge is 0.241 e. The van der Waals surface area contributed by atoms with Crippen LogP contribution in [0.5, 0.6) is 0 Å². The summed E-state index contributed by atoms with van der Waals surface area (Å²) in [5.41, 5.74) is 0.290. The first-order valence-electron chi connectivity index (χ1n) is 8.24. The molecule has 0 saturated carbocycles. The van der Waals surface area contributed by atoms with Gasteiger partial charge in [-0.3, -0.25) is 10.1 Å². The molecule has 2 heterocycles. The maximum Gasteiger partial charge on any atom is 0.241 e. The molecule has 4 nitrogen and oxygen atoms in total. The highest BCUT2D eigenvalue weighted by Gasteiger charge is 2.41. The summed E-state index contributed by atoms with van der Waals surface area (Å²) in [4.78, 5) is 17.1. The fraction of sp³-hybridized carbons (Fsp3) is 0.938. The highest BCUT2D eigenvalue weighted by molar-refractivity contribution is 5.84. The van der Waals surface area contributed by atoms with E-state index in [1.807, 2.05) is 0 Å². The van der Waals surface area contributed by atoms with Crippen molar-refractivity contribution in [1.82, 2.24) is 15.1 Å². The number of rotatable bonds is 5. The normalized spacial score (nSPS) is 31.0. The van der Waals surface area contributed by atoms with Crippen molar-refractivity contribution < 1.29 is 4.79 Å². The van der Waals surface area contributed by atoms with Gasteiger partial charge in [0, 0.05) is 6.54 Å². The van der Waals surface area contributed by atoms with Crippen molar-refractivity contribution in [3.05, 3.63) is 0 Å². The zero-order valence-electron chi connectivity index (χ0n) is 13.6. The predicted octanol–water partition coefficient (Wildman–Crippen LogP) is 2.05. The van der Waals surface area contributed by atoms with Crippen LogP contribution in [0.3, 0.4) is 0 Å². The third-order valence-electron chi connectivity index (χ3n) is 5.06. The molecule has 0 aromatic heterocycles. The molecule has 2 rings (SSSR count). The number of carbonyl (C=O) groups excluding carboxylic acids is 1. The molecule has 0 spiro atoms. The number of piperidine rings is 1. The van der Waals surface area contributed by atoms with Crippen molar-refractivity contribution in [2.45, 2.75) is 65.1 Å². The lowest BCUT2D eigenvalue weighted by Gasteiger charge is -2.41. The van der Waals surface area contributed by atoms with Crippen LogP contribution in [0, 0.1) is 5.41 Å². The molecular formula is C16H31N3O. The van der Waals surface area contributed by atoms with E-state index in [-0.39, 0.29) is 12.2 Å². The molecule has 0 radical (unpaired) electrons. The van der Waals surface area contributed by atoms with Crippen molar-refractivity contribution >= 4 is 5.91 Å². The molecule has 2 fully saturated rings. The van der Waals surface area contributed by atoms with Crippen LogP contribution >= 0.6 is 0 Å². The Balaban J connectivity index is 2.01. The Bertz CT molecular complexity index is 337. The third-order valence-corrected chi connectivity index (χ3v) is 5.06. The molecule has 2 aliphatic rings. The summed E-state index contributed by atoms with van der Waals surface area (Å²) in [6, 6.07) is 0.0554. The lowest BCUT2D eigenvalue weighted by molar-refractivity contribution is -0.132. The molecule has 1 amide bonds. The van der Waals surface area contributed by atoms with Gasteiger partial charge in [-0.25, -0.2) is 0 Å². The molecule has 0 aliphatic carbocycles. The second kappa shape index (κ2) is 6.44. The number of hydrogen-bond acceptors (Lipinski definition) is 3. The van der Waals surface area contributed by atoms with Gasteiger partial charge in [0.1, 0.15) is 0 Å².